The van der Waals surface area contributed by atoms with Crippen molar-refractivity contribution in [1.29, 1.82) is 0 Å². The highest BCUT2D eigenvalue weighted by Crippen LogP contribution is 2.44. The Balaban J connectivity index is 1.61. The first-order chi connectivity index (χ1) is 12.1. The summed E-state index contributed by atoms with van der Waals surface area (Å²) >= 11 is 0. The lowest BCUT2D eigenvalue weighted by atomic mass is 9.78. The normalized spacial score (nSPS) is 27.2. The Kier molecular flexibility index (Phi) is 4.01. The van der Waals surface area contributed by atoms with E-state index >= 15 is 0 Å². The smallest absolute Gasteiger partial charge is 0.310 e. The second-order valence-corrected chi connectivity index (χ2v) is 6.58. The van der Waals surface area contributed by atoms with E-state index in [0.29, 0.717) is 12.1 Å². The Morgan fingerprint density at radius 3 is 2.28 bits per heavy atom. The highest BCUT2D eigenvalue weighted by molar-refractivity contribution is 5.99. The lowest BCUT2D eigenvalue weighted by Crippen LogP contribution is -2.41. The summed E-state index contributed by atoms with van der Waals surface area (Å²) in [6.07, 6.45) is 0.816. The van der Waals surface area contributed by atoms with Gasteiger partial charge in [0, 0.05) is 11.3 Å². The van der Waals surface area contributed by atoms with Crippen molar-refractivity contribution >= 4 is 17.6 Å². The van der Waals surface area contributed by atoms with Gasteiger partial charge in [0.15, 0.2) is 0 Å². The number of hydrogen-bond donors (Lipinski definition) is 2. The number of carbonyl (C=O) groups is 2. The fourth-order valence-corrected chi connectivity index (χ4v) is 4.00. The van der Waals surface area contributed by atoms with Gasteiger partial charge in [-0.2, -0.15) is 0 Å². The van der Waals surface area contributed by atoms with Crippen molar-refractivity contribution < 1.29 is 19.4 Å². The van der Waals surface area contributed by atoms with Crippen molar-refractivity contribution in [3.63, 3.8) is 0 Å². The molecular formula is C20H19NO4. The third-order valence-electron chi connectivity index (χ3n) is 5.13. The first-order valence-electron chi connectivity index (χ1n) is 8.49. The van der Waals surface area contributed by atoms with Crippen LogP contribution in [0, 0.1) is 11.8 Å². The monoisotopic (exact) mass is 337 g/mol. The molecule has 2 aromatic carbocycles. The summed E-state index contributed by atoms with van der Waals surface area (Å²) in [7, 11) is 0. The Morgan fingerprint density at radius 2 is 1.56 bits per heavy atom. The maximum Gasteiger partial charge on any atom is 0.310 e. The predicted molar refractivity (Wildman–Crippen MR) is 93.0 cm³/mol. The van der Waals surface area contributed by atoms with Crippen LogP contribution < -0.4 is 5.32 Å². The number of hydrogen-bond acceptors (Lipinski definition) is 3. The lowest BCUT2D eigenvalue weighted by Gasteiger charge is -2.24. The van der Waals surface area contributed by atoms with Gasteiger partial charge < -0.3 is 15.2 Å². The molecule has 0 radical (unpaired) electrons. The van der Waals surface area contributed by atoms with Crippen LogP contribution in [0.3, 0.4) is 0 Å². The number of para-hydroxylation sites is 1. The van der Waals surface area contributed by atoms with Crippen molar-refractivity contribution in [2.24, 2.45) is 11.8 Å². The highest BCUT2D eigenvalue weighted by atomic mass is 16.5. The van der Waals surface area contributed by atoms with Crippen molar-refractivity contribution in [3.05, 3.63) is 54.6 Å². The Bertz CT molecular complexity index is 804. The zero-order valence-electron chi connectivity index (χ0n) is 13.6. The third kappa shape index (κ3) is 2.81. The molecule has 4 atom stereocenters. The van der Waals surface area contributed by atoms with Crippen LogP contribution >= 0.6 is 0 Å². The van der Waals surface area contributed by atoms with Crippen LogP contribution in [0.4, 0.5) is 5.69 Å². The third-order valence-corrected chi connectivity index (χ3v) is 5.13. The van der Waals surface area contributed by atoms with E-state index < -0.39 is 17.8 Å². The molecular weight excluding hydrogens is 318 g/mol. The minimum Gasteiger partial charge on any atom is -0.481 e. The molecule has 0 saturated carbocycles. The molecule has 1 amide bonds. The van der Waals surface area contributed by atoms with Crippen molar-refractivity contribution in [2.45, 2.75) is 25.0 Å². The quantitative estimate of drug-likeness (QED) is 0.898. The van der Waals surface area contributed by atoms with E-state index in [0.717, 1.165) is 17.5 Å². The summed E-state index contributed by atoms with van der Waals surface area (Å²) in [6.45, 7) is 0. The van der Waals surface area contributed by atoms with Gasteiger partial charge in [-0.25, -0.2) is 0 Å². The van der Waals surface area contributed by atoms with Crippen molar-refractivity contribution in [3.8, 4) is 11.1 Å². The number of benzene rings is 2. The van der Waals surface area contributed by atoms with Crippen molar-refractivity contribution in [1.82, 2.24) is 0 Å². The van der Waals surface area contributed by atoms with Gasteiger partial charge >= 0.3 is 5.97 Å². The van der Waals surface area contributed by atoms with E-state index in [1.807, 2.05) is 54.6 Å². The molecule has 25 heavy (non-hydrogen) atoms. The minimum absolute atomic E-state index is 0.275. The Labute approximate surface area is 145 Å². The molecule has 2 aliphatic heterocycles. The number of nitrogens with one attached hydrogen (secondary N) is 1. The van der Waals surface area contributed by atoms with Gasteiger partial charge in [0.2, 0.25) is 5.91 Å². The topological polar surface area (TPSA) is 75.6 Å². The van der Waals surface area contributed by atoms with E-state index in [1.54, 1.807) is 0 Å². The molecule has 2 saturated heterocycles. The van der Waals surface area contributed by atoms with Gasteiger partial charge in [-0.1, -0.05) is 48.5 Å². The SMILES string of the molecule is O=C(O)[C@@H]1[C@@H](C(=O)Nc2ccccc2-c2ccccc2)[C@@H]2CC[C@@H]1O2. The molecule has 2 N–H and O–H groups in total. The number of fused-ring (bicyclic) bond motifs is 2. The van der Waals surface area contributed by atoms with E-state index in [1.165, 1.54) is 0 Å². The molecule has 5 heteroatoms. The number of ether oxygens (including phenoxy) is 1. The molecule has 2 aliphatic rings. The standard InChI is InChI=1S/C20H19NO4/c22-19(17-15-10-11-16(25-15)18(17)20(23)24)21-14-9-5-4-8-13(14)12-6-2-1-3-7-12/h1-9,15-18H,10-11H2,(H,21,22)(H,23,24)/t15-,16-,17-,18-/m0/s1. The molecule has 128 valence electrons. The zero-order chi connectivity index (χ0) is 17.4. The molecule has 2 fully saturated rings. The van der Waals surface area contributed by atoms with Gasteiger partial charge in [0.1, 0.15) is 0 Å². The first-order valence-corrected chi connectivity index (χ1v) is 8.49. The number of rotatable bonds is 4. The van der Waals surface area contributed by atoms with Gasteiger partial charge in [-0.3, -0.25) is 9.59 Å². The van der Waals surface area contributed by atoms with Gasteiger partial charge in [-0.05, 0) is 24.5 Å². The summed E-state index contributed by atoms with van der Waals surface area (Å²) in [5.74, 6) is -2.63. The summed E-state index contributed by atoms with van der Waals surface area (Å²) in [4.78, 5) is 24.4. The van der Waals surface area contributed by atoms with Gasteiger partial charge in [0.25, 0.3) is 0 Å². The fraction of sp³-hybridized carbons (Fsp3) is 0.300. The largest absolute Gasteiger partial charge is 0.481 e. The number of anilines is 1. The van der Waals surface area contributed by atoms with E-state index in [-0.39, 0.29) is 18.1 Å². The van der Waals surface area contributed by atoms with E-state index in [2.05, 4.69) is 5.32 Å². The molecule has 5 nitrogen and oxygen atoms in total. The number of carbonyl (C=O) groups excluding carboxylic acids is 1. The maximum atomic E-state index is 12.8. The number of carboxylic acids is 1. The lowest BCUT2D eigenvalue weighted by molar-refractivity contribution is -0.147. The molecule has 2 aromatic rings. The fourth-order valence-electron chi connectivity index (χ4n) is 4.00. The van der Waals surface area contributed by atoms with Crippen LogP contribution in [-0.2, 0) is 14.3 Å². The molecule has 4 rings (SSSR count). The molecule has 0 spiro atoms. The van der Waals surface area contributed by atoms with E-state index in [4.69, 9.17) is 4.74 Å². The molecule has 0 aromatic heterocycles. The van der Waals surface area contributed by atoms with Crippen LogP contribution in [0.1, 0.15) is 12.8 Å². The molecule has 2 bridgehead atoms. The second-order valence-electron chi connectivity index (χ2n) is 6.58. The van der Waals surface area contributed by atoms with Gasteiger partial charge in [0.05, 0.1) is 24.0 Å². The van der Waals surface area contributed by atoms with Crippen molar-refractivity contribution in [2.75, 3.05) is 5.32 Å². The molecule has 2 heterocycles. The maximum absolute atomic E-state index is 12.8. The number of carboxylic acid groups (broad SMARTS) is 1. The first kappa shape index (κ1) is 15.8. The summed E-state index contributed by atoms with van der Waals surface area (Å²) in [5, 5.41) is 12.4. The van der Waals surface area contributed by atoms with Crippen LogP contribution in [0.2, 0.25) is 0 Å². The number of aliphatic carboxylic acids is 1. The second kappa shape index (κ2) is 6.33. The Morgan fingerprint density at radius 1 is 0.920 bits per heavy atom. The molecule has 0 aliphatic carbocycles. The van der Waals surface area contributed by atoms with Crippen LogP contribution in [0.25, 0.3) is 11.1 Å². The average Bonchev–Trinajstić information content (AvgIpc) is 3.24. The summed E-state index contributed by atoms with van der Waals surface area (Å²) in [5.41, 5.74) is 2.59. The highest BCUT2D eigenvalue weighted by Gasteiger charge is 2.55. The summed E-state index contributed by atoms with van der Waals surface area (Å²) < 4.78 is 5.69. The van der Waals surface area contributed by atoms with Gasteiger partial charge in [-0.15, -0.1) is 0 Å². The Hall–Kier alpha value is -2.66. The van der Waals surface area contributed by atoms with Crippen LogP contribution in [-0.4, -0.2) is 29.2 Å². The minimum atomic E-state index is -0.955. The zero-order valence-corrected chi connectivity index (χ0v) is 13.6. The number of amides is 1. The average molecular weight is 337 g/mol. The molecule has 0 unspecified atom stereocenters. The summed E-state index contributed by atoms with van der Waals surface area (Å²) in [6, 6.07) is 17.3. The van der Waals surface area contributed by atoms with Crippen LogP contribution in [0.5, 0.6) is 0 Å². The van der Waals surface area contributed by atoms with Crippen LogP contribution in [0.15, 0.2) is 54.6 Å². The van der Waals surface area contributed by atoms with E-state index in [9.17, 15) is 14.7 Å². The predicted octanol–water partition coefficient (Wildman–Crippen LogP) is 3.17.